The number of carbonyl (C=O) groups is 2. The number of nitrogens with zero attached hydrogens (tertiary/aromatic N) is 2. The smallest absolute Gasteiger partial charge is 0.228 e. The summed E-state index contributed by atoms with van der Waals surface area (Å²) in [5, 5.41) is 0. The summed E-state index contributed by atoms with van der Waals surface area (Å²) in [6, 6.07) is 0.348. The number of likely N-dealkylation sites (tertiary alicyclic amines) is 2. The quantitative estimate of drug-likeness (QED) is 0.781. The molecule has 4 heteroatoms. The molecule has 0 bridgehead atoms. The molecule has 0 aromatic rings. The highest BCUT2D eigenvalue weighted by atomic mass is 16.2. The lowest BCUT2D eigenvalue weighted by Gasteiger charge is -2.35. The lowest BCUT2D eigenvalue weighted by molar-refractivity contribution is -0.139. The Bertz CT molecular complexity index is 343. The van der Waals surface area contributed by atoms with E-state index in [1.807, 2.05) is 9.80 Å². The van der Waals surface area contributed by atoms with Crippen LogP contribution >= 0.6 is 0 Å². The van der Waals surface area contributed by atoms with Gasteiger partial charge in [0.05, 0.1) is 5.92 Å². The van der Waals surface area contributed by atoms with Crippen LogP contribution in [0.1, 0.15) is 52.4 Å². The first kappa shape index (κ1) is 14.4. The SMILES string of the molecule is CCCCN1C[C@H](C(=O)N2CCCC[C@@H]2C)CC1=O. The second-order valence-corrected chi connectivity index (χ2v) is 5.97. The molecule has 108 valence electrons. The number of piperidine rings is 1. The topological polar surface area (TPSA) is 40.6 Å². The van der Waals surface area contributed by atoms with Crippen molar-refractivity contribution >= 4 is 11.8 Å². The molecule has 0 saturated carbocycles. The molecular formula is C15H26N2O2. The van der Waals surface area contributed by atoms with E-state index >= 15 is 0 Å². The molecule has 2 aliphatic heterocycles. The fraction of sp³-hybridized carbons (Fsp3) is 0.867. The predicted octanol–water partition coefficient (Wildman–Crippen LogP) is 2.04. The number of amides is 2. The molecule has 19 heavy (non-hydrogen) atoms. The van der Waals surface area contributed by atoms with Gasteiger partial charge in [-0.2, -0.15) is 0 Å². The third-order valence-corrected chi connectivity index (χ3v) is 4.43. The third kappa shape index (κ3) is 3.28. The van der Waals surface area contributed by atoms with Gasteiger partial charge < -0.3 is 9.80 Å². The minimum absolute atomic E-state index is 0.0927. The Kier molecular flexibility index (Phi) is 4.83. The number of hydrogen-bond acceptors (Lipinski definition) is 2. The number of unbranched alkanes of at least 4 members (excludes halogenated alkanes) is 1. The van der Waals surface area contributed by atoms with Gasteiger partial charge in [-0.1, -0.05) is 13.3 Å². The minimum Gasteiger partial charge on any atom is -0.342 e. The van der Waals surface area contributed by atoms with E-state index in [0.717, 1.165) is 38.8 Å². The first-order valence-corrected chi connectivity index (χ1v) is 7.71. The summed E-state index contributed by atoms with van der Waals surface area (Å²) in [6.07, 6.45) is 5.98. The molecule has 2 fully saturated rings. The van der Waals surface area contributed by atoms with Crippen LogP contribution in [0.4, 0.5) is 0 Å². The van der Waals surface area contributed by atoms with Gasteiger partial charge in [-0.05, 0) is 32.6 Å². The van der Waals surface area contributed by atoms with E-state index in [-0.39, 0.29) is 17.7 Å². The average Bonchev–Trinajstić information content (AvgIpc) is 2.77. The molecule has 0 unspecified atom stereocenters. The maximum absolute atomic E-state index is 12.5. The van der Waals surface area contributed by atoms with Gasteiger partial charge in [0, 0.05) is 32.1 Å². The molecule has 2 atom stereocenters. The van der Waals surface area contributed by atoms with E-state index in [0.29, 0.717) is 19.0 Å². The number of rotatable bonds is 4. The van der Waals surface area contributed by atoms with Crippen molar-refractivity contribution in [3.8, 4) is 0 Å². The lowest BCUT2D eigenvalue weighted by Crippen LogP contribution is -2.45. The summed E-state index contributed by atoms with van der Waals surface area (Å²) >= 11 is 0. The Morgan fingerprint density at radius 2 is 2.16 bits per heavy atom. The highest BCUT2D eigenvalue weighted by molar-refractivity contribution is 5.89. The average molecular weight is 266 g/mol. The highest BCUT2D eigenvalue weighted by Gasteiger charge is 2.37. The molecule has 2 saturated heterocycles. The van der Waals surface area contributed by atoms with E-state index in [2.05, 4.69) is 13.8 Å². The van der Waals surface area contributed by atoms with Crippen molar-refractivity contribution in [3.05, 3.63) is 0 Å². The van der Waals surface area contributed by atoms with Crippen molar-refractivity contribution in [1.82, 2.24) is 9.80 Å². The Labute approximate surface area is 116 Å². The molecule has 2 aliphatic rings. The third-order valence-electron chi connectivity index (χ3n) is 4.43. The van der Waals surface area contributed by atoms with E-state index < -0.39 is 0 Å². The second kappa shape index (κ2) is 6.40. The Hall–Kier alpha value is -1.06. The van der Waals surface area contributed by atoms with E-state index in [1.54, 1.807) is 0 Å². The molecular weight excluding hydrogens is 240 g/mol. The van der Waals surface area contributed by atoms with Crippen LogP contribution in [0.2, 0.25) is 0 Å². The van der Waals surface area contributed by atoms with Crippen LogP contribution in [0.15, 0.2) is 0 Å². The predicted molar refractivity (Wildman–Crippen MR) is 74.6 cm³/mol. The van der Waals surface area contributed by atoms with Crippen LogP contribution in [-0.4, -0.2) is 47.3 Å². The van der Waals surface area contributed by atoms with Gasteiger partial charge in [-0.15, -0.1) is 0 Å². The molecule has 0 aliphatic carbocycles. The molecule has 4 nitrogen and oxygen atoms in total. The van der Waals surface area contributed by atoms with Crippen molar-refractivity contribution in [1.29, 1.82) is 0 Å². The van der Waals surface area contributed by atoms with Crippen LogP contribution in [0.5, 0.6) is 0 Å². The van der Waals surface area contributed by atoms with Gasteiger partial charge in [0.25, 0.3) is 0 Å². The standard InChI is InChI=1S/C15H26N2O2/c1-3-4-8-16-11-13(10-14(16)18)15(19)17-9-6-5-7-12(17)2/h12-13H,3-11H2,1-2H3/t12-,13+/m0/s1. The summed E-state index contributed by atoms with van der Waals surface area (Å²) in [7, 11) is 0. The van der Waals surface area contributed by atoms with Gasteiger partial charge in [-0.3, -0.25) is 9.59 Å². The van der Waals surface area contributed by atoms with Crippen molar-refractivity contribution in [3.63, 3.8) is 0 Å². The van der Waals surface area contributed by atoms with E-state index in [1.165, 1.54) is 6.42 Å². The fourth-order valence-electron chi connectivity index (χ4n) is 3.16. The Balaban J connectivity index is 1.91. The van der Waals surface area contributed by atoms with Gasteiger partial charge >= 0.3 is 0 Å². The van der Waals surface area contributed by atoms with Crippen LogP contribution < -0.4 is 0 Å². The zero-order valence-corrected chi connectivity index (χ0v) is 12.2. The molecule has 2 rings (SSSR count). The van der Waals surface area contributed by atoms with Crippen molar-refractivity contribution in [2.75, 3.05) is 19.6 Å². The summed E-state index contributed by atoms with van der Waals surface area (Å²) < 4.78 is 0. The van der Waals surface area contributed by atoms with Crippen molar-refractivity contribution in [2.45, 2.75) is 58.4 Å². The van der Waals surface area contributed by atoms with Crippen molar-refractivity contribution < 1.29 is 9.59 Å². The largest absolute Gasteiger partial charge is 0.342 e. The first-order valence-electron chi connectivity index (χ1n) is 7.71. The first-order chi connectivity index (χ1) is 9.13. The molecule has 0 spiro atoms. The zero-order chi connectivity index (χ0) is 13.8. The zero-order valence-electron chi connectivity index (χ0n) is 12.2. The summed E-state index contributed by atoms with van der Waals surface area (Å²) in [6.45, 7) is 6.58. The van der Waals surface area contributed by atoms with Crippen LogP contribution in [0, 0.1) is 5.92 Å². The normalized spacial score (nSPS) is 28.0. The second-order valence-electron chi connectivity index (χ2n) is 5.97. The van der Waals surface area contributed by atoms with Crippen LogP contribution in [0.3, 0.4) is 0 Å². The molecule has 0 aromatic carbocycles. The molecule has 2 amide bonds. The fourth-order valence-corrected chi connectivity index (χ4v) is 3.16. The van der Waals surface area contributed by atoms with Gasteiger partial charge in [-0.25, -0.2) is 0 Å². The summed E-state index contributed by atoms with van der Waals surface area (Å²) in [5.41, 5.74) is 0. The molecule has 2 heterocycles. The van der Waals surface area contributed by atoms with Gasteiger partial charge in [0.15, 0.2) is 0 Å². The van der Waals surface area contributed by atoms with Crippen LogP contribution in [-0.2, 0) is 9.59 Å². The van der Waals surface area contributed by atoms with Gasteiger partial charge in [0.2, 0.25) is 11.8 Å². The van der Waals surface area contributed by atoms with E-state index in [9.17, 15) is 9.59 Å². The summed E-state index contributed by atoms with van der Waals surface area (Å²) in [4.78, 5) is 28.3. The number of carbonyl (C=O) groups excluding carboxylic acids is 2. The molecule has 0 radical (unpaired) electrons. The van der Waals surface area contributed by atoms with Gasteiger partial charge in [0.1, 0.15) is 0 Å². The van der Waals surface area contributed by atoms with E-state index in [4.69, 9.17) is 0 Å². The maximum Gasteiger partial charge on any atom is 0.228 e. The Morgan fingerprint density at radius 1 is 1.37 bits per heavy atom. The van der Waals surface area contributed by atoms with Crippen LogP contribution in [0.25, 0.3) is 0 Å². The summed E-state index contributed by atoms with van der Waals surface area (Å²) in [5.74, 6) is 0.279. The minimum atomic E-state index is -0.0927. The number of hydrogen-bond donors (Lipinski definition) is 0. The lowest BCUT2D eigenvalue weighted by atomic mass is 9.99. The molecule has 0 N–H and O–H groups in total. The Morgan fingerprint density at radius 3 is 2.84 bits per heavy atom. The maximum atomic E-state index is 12.5. The highest BCUT2D eigenvalue weighted by Crippen LogP contribution is 2.24. The van der Waals surface area contributed by atoms with Crippen molar-refractivity contribution in [2.24, 2.45) is 5.92 Å². The monoisotopic (exact) mass is 266 g/mol. The molecule has 0 aromatic heterocycles.